The third-order valence-corrected chi connectivity index (χ3v) is 8.62. The van der Waals surface area contributed by atoms with Crippen molar-refractivity contribution >= 4 is 22.0 Å². The van der Waals surface area contributed by atoms with Crippen molar-refractivity contribution in [1.29, 1.82) is 0 Å². The molecule has 245 valence electrons. The topological polar surface area (TPSA) is 43.9 Å². The summed E-state index contributed by atoms with van der Waals surface area (Å²) in [6.07, 6.45) is 5.01. The minimum atomic E-state index is 0. The minimum absolute atomic E-state index is 0. The van der Waals surface area contributed by atoms with Crippen LogP contribution in [0.3, 0.4) is 0 Å². The minimum Gasteiger partial charge on any atom is -0.557 e. The molecule has 49 heavy (non-hydrogen) atoms. The van der Waals surface area contributed by atoms with Gasteiger partial charge in [-0.3, -0.25) is 4.98 Å². The van der Waals surface area contributed by atoms with E-state index in [1.54, 1.807) is 6.20 Å². The van der Waals surface area contributed by atoms with Gasteiger partial charge in [0, 0.05) is 43.8 Å². The van der Waals surface area contributed by atoms with Crippen molar-refractivity contribution in [2.24, 2.45) is 0 Å². The van der Waals surface area contributed by atoms with E-state index < -0.39 is 0 Å². The molecule has 1 radical (unpaired) electrons. The Bertz CT molecular complexity index is 2220. The van der Waals surface area contributed by atoms with Gasteiger partial charge in [-0.2, -0.15) is 0 Å². The van der Waals surface area contributed by atoms with Crippen molar-refractivity contribution in [3.8, 4) is 39.5 Å². The predicted octanol–water partition coefficient (Wildman–Crippen LogP) is 11.7. The van der Waals surface area contributed by atoms with Crippen molar-refractivity contribution in [3.63, 3.8) is 0 Å². The number of para-hydroxylation sites is 3. The quantitative estimate of drug-likeness (QED) is 0.157. The van der Waals surface area contributed by atoms with Crippen LogP contribution in [0, 0.1) is 12.3 Å². The molecule has 8 rings (SSSR count). The largest absolute Gasteiger partial charge is 0.557 e. The van der Waals surface area contributed by atoms with Gasteiger partial charge in [-0.25, -0.2) is 0 Å². The van der Waals surface area contributed by atoms with Gasteiger partial charge in [0.2, 0.25) is 0 Å². The van der Waals surface area contributed by atoms with Gasteiger partial charge < -0.3 is 14.0 Å². The molecule has 0 fully saturated rings. The number of pyridine rings is 1. The average molecular weight is 816 g/mol. The number of hydrogen-bond donors (Lipinski definition) is 0. The van der Waals surface area contributed by atoms with Crippen LogP contribution in [0.2, 0.25) is 0 Å². The van der Waals surface area contributed by atoms with Gasteiger partial charge in [0.25, 0.3) is 0 Å². The molecule has 0 aliphatic carbocycles. The zero-order valence-electron chi connectivity index (χ0n) is 28.0. The van der Waals surface area contributed by atoms with E-state index in [9.17, 15) is 0 Å². The maximum Gasteiger partial charge on any atom is 0.0774 e. The van der Waals surface area contributed by atoms with Crippen LogP contribution in [0.1, 0.15) is 50.7 Å². The van der Waals surface area contributed by atoms with Crippen LogP contribution in [0.5, 0.6) is 0 Å². The number of benzene rings is 5. The molecule has 8 aromatic rings. The summed E-state index contributed by atoms with van der Waals surface area (Å²) < 4.78 is 8.35. The Labute approximate surface area is 301 Å². The summed E-state index contributed by atoms with van der Waals surface area (Å²) in [4.78, 5) is 9.35. The summed E-state index contributed by atoms with van der Waals surface area (Å²) in [5, 5.41) is 1.01. The second-order valence-electron chi connectivity index (χ2n) is 12.5. The summed E-state index contributed by atoms with van der Waals surface area (Å²) in [6, 6.07) is 48.6. The fourth-order valence-corrected chi connectivity index (χ4v) is 6.22. The first-order valence-corrected chi connectivity index (χ1v) is 16.5. The molecule has 4 nitrogen and oxygen atoms in total. The molecule has 0 saturated heterocycles. The molecular formula is C44H37IrN3O-2. The standard InChI is InChI=1S/C33H29N2O.C11H8N.Ir/c1-21(2)25-13-10-14-26(22(3)4)32(25)35-30-16-9-8-15-29(30)34-33(35)28-20-36-31-19-24(17-18-27(28)31)23-11-6-5-7-12-23;1-2-6-10(7-3-1)11-8-4-5-9-12-11;/h5-19,21-22H,1-4H3;1-6,8-9H;/q2*-1;. The number of imidazole rings is 1. The Morgan fingerprint density at radius 2 is 1.39 bits per heavy atom. The number of aromatic nitrogens is 3. The second-order valence-corrected chi connectivity index (χ2v) is 12.5. The fraction of sp³-hybridized carbons (Fsp3) is 0.136. The Morgan fingerprint density at radius 3 is 2.08 bits per heavy atom. The van der Waals surface area contributed by atoms with Crippen LogP contribution >= 0.6 is 0 Å². The van der Waals surface area contributed by atoms with E-state index in [1.165, 1.54) is 16.8 Å². The number of nitrogens with zero attached hydrogens (tertiary/aromatic N) is 3. The molecular weight excluding hydrogens is 779 g/mol. The number of fused-ring (bicyclic) bond motifs is 2. The zero-order chi connectivity index (χ0) is 33.0. The maximum absolute atomic E-state index is 6.03. The van der Waals surface area contributed by atoms with Gasteiger partial charge in [-0.15, -0.1) is 42.0 Å². The first-order valence-electron chi connectivity index (χ1n) is 16.5. The molecule has 0 spiro atoms. The average Bonchev–Trinajstić information content (AvgIpc) is 3.73. The summed E-state index contributed by atoms with van der Waals surface area (Å²) in [5.41, 5.74) is 11.9. The first-order chi connectivity index (χ1) is 23.5. The van der Waals surface area contributed by atoms with E-state index in [0.29, 0.717) is 11.8 Å². The van der Waals surface area contributed by atoms with Crippen molar-refractivity contribution in [3.05, 3.63) is 163 Å². The van der Waals surface area contributed by atoms with E-state index in [1.807, 2.05) is 54.6 Å². The fourth-order valence-electron chi connectivity index (χ4n) is 6.22. The van der Waals surface area contributed by atoms with Crippen LogP contribution in [-0.4, -0.2) is 14.5 Å². The number of rotatable bonds is 6. The molecule has 0 N–H and O–H groups in total. The van der Waals surface area contributed by atoms with Gasteiger partial charge in [0.15, 0.2) is 0 Å². The summed E-state index contributed by atoms with van der Waals surface area (Å²) in [6.45, 7) is 9.02. The molecule has 0 aliphatic heterocycles. The van der Waals surface area contributed by atoms with E-state index in [-0.39, 0.29) is 20.1 Å². The molecule has 0 aliphatic rings. The molecule has 0 atom stereocenters. The molecule has 3 aromatic heterocycles. The maximum atomic E-state index is 6.03. The van der Waals surface area contributed by atoms with Crippen LogP contribution < -0.4 is 0 Å². The smallest absolute Gasteiger partial charge is 0.0774 e. The Hall–Kier alpha value is -5.09. The van der Waals surface area contributed by atoms with E-state index in [4.69, 9.17) is 9.40 Å². The summed E-state index contributed by atoms with van der Waals surface area (Å²) in [5.74, 6) is 1.59. The van der Waals surface area contributed by atoms with Crippen LogP contribution in [0.4, 0.5) is 0 Å². The van der Waals surface area contributed by atoms with Gasteiger partial charge in [-0.1, -0.05) is 124 Å². The molecule has 0 saturated carbocycles. The number of furan rings is 1. The van der Waals surface area contributed by atoms with Crippen molar-refractivity contribution in [2.75, 3.05) is 0 Å². The Morgan fingerprint density at radius 1 is 0.673 bits per heavy atom. The third-order valence-electron chi connectivity index (χ3n) is 8.62. The second kappa shape index (κ2) is 15.0. The predicted molar refractivity (Wildman–Crippen MR) is 197 cm³/mol. The van der Waals surface area contributed by atoms with E-state index in [0.717, 1.165) is 55.8 Å². The first kappa shape index (κ1) is 33.8. The summed E-state index contributed by atoms with van der Waals surface area (Å²) in [7, 11) is 0. The normalized spacial score (nSPS) is 11.1. The van der Waals surface area contributed by atoms with E-state index >= 15 is 0 Å². The van der Waals surface area contributed by atoms with Gasteiger partial charge in [0.05, 0.1) is 16.9 Å². The van der Waals surface area contributed by atoms with Crippen molar-refractivity contribution < 1.29 is 24.5 Å². The Balaban J connectivity index is 0.000000270. The van der Waals surface area contributed by atoms with E-state index in [2.05, 4.69) is 128 Å². The number of hydrogen-bond acceptors (Lipinski definition) is 3. The van der Waals surface area contributed by atoms with Gasteiger partial charge in [-0.05, 0) is 58.0 Å². The van der Waals surface area contributed by atoms with Crippen LogP contribution in [0.25, 0.3) is 61.5 Å². The summed E-state index contributed by atoms with van der Waals surface area (Å²) >= 11 is 0. The van der Waals surface area contributed by atoms with Crippen LogP contribution in [0.15, 0.2) is 144 Å². The van der Waals surface area contributed by atoms with Crippen LogP contribution in [-0.2, 0) is 20.1 Å². The molecule has 0 unspecified atom stereocenters. The SMILES string of the molecule is CC(C)c1cccc(C(C)C)c1-n1c(-c2[c-]oc3cc(-c4ccccc4)ccc23)nc2ccccc21.[Ir].[c-]1ccccc1-c1ccccn1. The van der Waals surface area contributed by atoms with Crippen molar-refractivity contribution in [1.82, 2.24) is 14.5 Å². The third kappa shape index (κ3) is 6.91. The Kier molecular flexibility index (Phi) is 10.3. The molecule has 0 bridgehead atoms. The molecule has 5 aromatic carbocycles. The monoisotopic (exact) mass is 816 g/mol. The molecule has 3 heterocycles. The van der Waals surface area contributed by atoms with Gasteiger partial charge >= 0.3 is 0 Å². The molecule has 0 amide bonds. The molecule has 5 heteroatoms. The zero-order valence-corrected chi connectivity index (χ0v) is 30.4. The van der Waals surface area contributed by atoms with Gasteiger partial charge in [0.1, 0.15) is 0 Å². The van der Waals surface area contributed by atoms with Crippen molar-refractivity contribution in [2.45, 2.75) is 39.5 Å².